The standard InChI is InChI=1S/C9H13NO3/c1-9(12-2,13-3)7-4-5-10-8(11)6-7/h4-6H,1-3H3,(H,10,11). The highest BCUT2D eigenvalue weighted by atomic mass is 16.7. The first kappa shape index (κ1) is 9.95. The number of ether oxygens (including phenoxy) is 2. The fourth-order valence-corrected chi connectivity index (χ4v) is 1.05. The lowest BCUT2D eigenvalue weighted by molar-refractivity contribution is -0.201. The Labute approximate surface area is 76.5 Å². The van der Waals surface area contributed by atoms with E-state index in [9.17, 15) is 4.79 Å². The van der Waals surface area contributed by atoms with Gasteiger partial charge in [0.2, 0.25) is 5.56 Å². The summed E-state index contributed by atoms with van der Waals surface area (Å²) in [5, 5.41) is 0. The lowest BCUT2D eigenvalue weighted by Crippen LogP contribution is -2.28. The van der Waals surface area contributed by atoms with Crippen LogP contribution in [0.1, 0.15) is 12.5 Å². The van der Waals surface area contributed by atoms with Gasteiger partial charge in [0.1, 0.15) is 0 Å². The molecule has 1 heterocycles. The first-order valence-corrected chi connectivity index (χ1v) is 3.92. The molecule has 0 aliphatic heterocycles. The molecule has 13 heavy (non-hydrogen) atoms. The van der Waals surface area contributed by atoms with Crippen molar-refractivity contribution in [3.63, 3.8) is 0 Å². The van der Waals surface area contributed by atoms with Crippen LogP contribution in [0.15, 0.2) is 23.1 Å². The van der Waals surface area contributed by atoms with E-state index in [2.05, 4.69) is 4.98 Å². The van der Waals surface area contributed by atoms with Gasteiger partial charge in [-0.1, -0.05) is 0 Å². The van der Waals surface area contributed by atoms with Crippen LogP contribution in [0.3, 0.4) is 0 Å². The summed E-state index contributed by atoms with van der Waals surface area (Å²) in [4.78, 5) is 13.5. The smallest absolute Gasteiger partial charge is 0.248 e. The van der Waals surface area contributed by atoms with E-state index in [1.165, 1.54) is 20.3 Å². The number of hydrogen-bond acceptors (Lipinski definition) is 3. The summed E-state index contributed by atoms with van der Waals surface area (Å²) in [5.74, 6) is -0.853. The van der Waals surface area contributed by atoms with E-state index in [-0.39, 0.29) is 5.56 Å². The zero-order valence-electron chi connectivity index (χ0n) is 7.96. The van der Waals surface area contributed by atoms with Crippen molar-refractivity contribution in [2.75, 3.05) is 14.2 Å². The van der Waals surface area contributed by atoms with E-state index in [0.717, 1.165) is 0 Å². The molecule has 0 spiro atoms. The molecular weight excluding hydrogens is 170 g/mol. The largest absolute Gasteiger partial charge is 0.349 e. The van der Waals surface area contributed by atoms with E-state index in [1.807, 2.05) is 0 Å². The number of hydrogen-bond donors (Lipinski definition) is 1. The third-order valence-electron chi connectivity index (χ3n) is 2.08. The third-order valence-corrected chi connectivity index (χ3v) is 2.08. The highest BCUT2D eigenvalue weighted by molar-refractivity contribution is 5.15. The van der Waals surface area contributed by atoms with Gasteiger partial charge < -0.3 is 14.5 Å². The average molecular weight is 183 g/mol. The maximum absolute atomic E-state index is 11.0. The van der Waals surface area contributed by atoms with Gasteiger partial charge in [0.05, 0.1) is 0 Å². The Morgan fingerprint density at radius 2 is 2.00 bits per heavy atom. The fraction of sp³-hybridized carbons (Fsp3) is 0.444. The molecule has 4 nitrogen and oxygen atoms in total. The van der Waals surface area contributed by atoms with E-state index in [4.69, 9.17) is 9.47 Å². The number of aromatic amines is 1. The highest BCUT2D eigenvalue weighted by Gasteiger charge is 2.25. The Morgan fingerprint density at radius 1 is 1.38 bits per heavy atom. The fourth-order valence-electron chi connectivity index (χ4n) is 1.05. The topological polar surface area (TPSA) is 51.3 Å². The second kappa shape index (κ2) is 3.72. The predicted octanol–water partition coefficient (Wildman–Crippen LogP) is 0.840. The second-order valence-corrected chi connectivity index (χ2v) is 2.80. The molecule has 1 aromatic heterocycles. The first-order chi connectivity index (χ1) is 6.12. The number of aromatic nitrogens is 1. The van der Waals surface area contributed by atoms with E-state index >= 15 is 0 Å². The molecule has 0 amide bonds. The van der Waals surface area contributed by atoms with Crippen LogP contribution in [0.25, 0.3) is 0 Å². The van der Waals surface area contributed by atoms with Crippen molar-refractivity contribution in [2.24, 2.45) is 0 Å². The van der Waals surface area contributed by atoms with Crippen LogP contribution in [0.5, 0.6) is 0 Å². The summed E-state index contributed by atoms with van der Waals surface area (Å²) in [6, 6.07) is 3.20. The second-order valence-electron chi connectivity index (χ2n) is 2.80. The van der Waals surface area contributed by atoms with Gasteiger partial charge in [-0.05, 0) is 13.0 Å². The maximum atomic E-state index is 11.0. The predicted molar refractivity (Wildman–Crippen MR) is 48.4 cm³/mol. The maximum Gasteiger partial charge on any atom is 0.248 e. The zero-order chi connectivity index (χ0) is 9.90. The minimum absolute atomic E-state index is 0.169. The lowest BCUT2D eigenvalue weighted by atomic mass is 10.1. The molecule has 0 fully saturated rings. The normalized spacial score (nSPS) is 11.6. The minimum Gasteiger partial charge on any atom is -0.349 e. The Balaban J connectivity index is 3.12. The van der Waals surface area contributed by atoms with Crippen LogP contribution < -0.4 is 5.56 Å². The summed E-state index contributed by atoms with van der Waals surface area (Å²) in [6.07, 6.45) is 1.56. The number of H-pyrrole nitrogens is 1. The Hall–Kier alpha value is -1.13. The molecule has 72 valence electrons. The van der Waals surface area contributed by atoms with Crippen LogP contribution >= 0.6 is 0 Å². The van der Waals surface area contributed by atoms with Crippen molar-refractivity contribution >= 4 is 0 Å². The molecule has 0 unspecified atom stereocenters. The van der Waals surface area contributed by atoms with Gasteiger partial charge in [-0.15, -0.1) is 0 Å². The van der Waals surface area contributed by atoms with Gasteiger partial charge in [0, 0.05) is 32.0 Å². The van der Waals surface area contributed by atoms with Gasteiger partial charge in [-0.2, -0.15) is 0 Å². The van der Waals surface area contributed by atoms with E-state index in [1.54, 1.807) is 19.2 Å². The van der Waals surface area contributed by atoms with Crippen molar-refractivity contribution in [1.29, 1.82) is 0 Å². The highest BCUT2D eigenvalue weighted by Crippen LogP contribution is 2.23. The van der Waals surface area contributed by atoms with Crippen LogP contribution in [0.2, 0.25) is 0 Å². The SMILES string of the molecule is COC(C)(OC)c1cc[nH]c(=O)c1. The van der Waals surface area contributed by atoms with Gasteiger partial charge in [-0.3, -0.25) is 4.79 Å². The molecule has 1 N–H and O–H groups in total. The van der Waals surface area contributed by atoms with Crippen LogP contribution in [0.4, 0.5) is 0 Å². The minimum atomic E-state index is -0.853. The summed E-state index contributed by atoms with van der Waals surface area (Å²) < 4.78 is 10.3. The molecule has 4 heteroatoms. The molecule has 0 aromatic carbocycles. The molecule has 0 saturated carbocycles. The van der Waals surface area contributed by atoms with Crippen LogP contribution in [-0.2, 0) is 15.3 Å². The van der Waals surface area contributed by atoms with Gasteiger partial charge in [-0.25, -0.2) is 0 Å². The molecule has 0 radical (unpaired) electrons. The molecule has 0 bridgehead atoms. The number of pyridine rings is 1. The van der Waals surface area contributed by atoms with E-state index < -0.39 is 5.79 Å². The summed E-state index contributed by atoms with van der Waals surface area (Å²) >= 11 is 0. The van der Waals surface area contributed by atoms with Crippen LogP contribution in [-0.4, -0.2) is 19.2 Å². The molecule has 0 aliphatic rings. The van der Waals surface area contributed by atoms with Gasteiger partial charge in [0.15, 0.2) is 5.79 Å². The molecule has 1 aromatic rings. The van der Waals surface area contributed by atoms with Crippen molar-refractivity contribution in [3.05, 3.63) is 34.2 Å². The summed E-state index contributed by atoms with van der Waals surface area (Å²) in [6.45, 7) is 1.75. The Bertz CT molecular complexity index is 328. The van der Waals surface area contributed by atoms with Crippen LogP contribution in [0, 0.1) is 0 Å². The van der Waals surface area contributed by atoms with Gasteiger partial charge >= 0.3 is 0 Å². The first-order valence-electron chi connectivity index (χ1n) is 3.92. The summed E-state index contributed by atoms with van der Waals surface area (Å²) in [7, 11) is 3.06. The van der Waals surface area contributed by atoms with Crippen molar-refractivity contribution in [3.8, 4) is 0 Å². The molecule has 0 aliphatic carbocycles. The molecule has 0 saturated heterocycles. The summed E-state index contributed by atoms with van der Waals surface area (Å²) in [5.41, 5.74) is 0.527. The zero-order valence-corrected chi connectivity index (χ0v) is 7.96. The van der Waals surface area contributed by atoms with Gasteiger partial charge in [0.25, 0.3) is 0 Å². The third kappa shape index (κ3) is 1.96. The van der Waals surface area contributed by atoms with Crippen molar-refractivity contribution < 1.29 is 9.47 Å². The van der Waals surface area contributed by atoms with E-state index in [0.29, 0.717) is 5.56 Å². The molecular formula is C9H13NO3. The average Bonchev–Trinajstić information content (AvgIpc) is 2.17. The monoisotopic (exact) mass is 183 g/mol. The van der Waals surface area contributed by atoms with Crippen molar-refractivity contribution in [1.82, 2.24) is 4.98 Å². The lowest BCUT2D eigenvalue weighted by Gasteiger charge is -2.26. The van der Waals surface area contributed by atoms with Crippen molar-refractivity contribution in [2.45, 2.75) is 12.7 Å². The quantitative estimate of drug-likeness (QED) is 0.706. The molecule has 1 rings (SSSR count). The number of methoxy groups -OCH3 is 2. The number of nitrogens with one attached hydrogen (secondary N) is 1. The molecule has 0 atom stereocenters. The Morgan fingerprint density at radius 3 is 2.46 bits per heavy atom. The number of rotatable bonds is 3. The Kier molecular flexibility index (Phi) is 2.85.